The number of rotatable bonds is 7. The van der Waals surface area contributed by atoms with Crippen LogP contribution < -0.4 is 10.6 Å². The molecule has 3 amide bonds. The van der Waals surface area contributed by atoms with Gasteiger partial charge < -0.3 is 15.5 Å². The Balaban J connectivity index is 1.68. The highest BCUT2D eigenvalue weighted by Gasteiger charge is 2.26. The van der Waals surface area contributed by atoms with Gasteiger partial charge in [0.15, 0.2) is 0 Å². The summed E-state index contributed by atoms with van der Waals surface area (Å²) >= 11 is 1.61. The van der Waals surface area contributed by atoms with Crippen molar-refractivity contribution in [3.05, 3.63) is 15.6 Å². The predicted octanol–water partition coefficient (Wildman–Crippen LogP) is 2.35. The Morgan fingerprint density at radius 2 is 2.17 bits per heavy atom. The monoisotopic (exact) mass is 338 g/mol. The normalized spacial score (nSPS) is 15.8. The summed E-state index contributed by atoms with van der Waals surface area (Å²) in [4.78, 5) is 31.2. The lowest BCUT2D eigenvalue weighted by molar-refractivity contribution is -0.129. The smallest absolute Gasteiger partial charge is 0.315 e. The number of hydrogen-bond acceptors (Lipinski definition) is 4. The molecule has 1 aromatic heterocycles. The van der Waals surface area contributed by atoms with Crippen molar-refractivity contribution in [3.8, 4) is 0 Å². The summed E-state index contributed by atoms with van der Waals surface area (Å²) in [5, 5.41) is 6.61. The zero-order chi connectivity index (χ0) is 16.8. The van der Waals surface area contributed by atoms with Crippen molar-refractivity contribution in [2.75, 3.05) is 13.1 Å². The van der Waals surface area contributed by atoms with Crippen LogP contribution in [0.25, 0.3) is 0 Å². The first kappa shape index (κ1) is 17.7. The molecule has 1 aliphatic heterocycles. The summed E-state index contributed by atoms with van der Waals surface area (Å²) in [5.41, 5.74) is 1.02. The van der Waals surface area contributed by atoms with Crippen molar-refractivity contribution in [1.29, 1.82) is 0 Å². The second kappa shape index (κ2) is 8.29. The number of carbonyl (C=O) groups is 2. The molecule has 0 unspecified atom stereocenters. The van der Waals surface area contributed by atoms with Crippen LogP contribution in [0.2, 0.25) is 0 Å². The van der Waals surface area contributed by atoms with Crippen molar-refractivity contribution in [2.45, 2.75) is 59.0 Å². The van der Waals surface area contributed by atoms with Crippen LogP contribution in [0.3, 0.4) is 0 Å². The van der Waals surface area contributed by atoms with Crippen molar-refractivity contribution < 1.29 is 9.59 Å². The molecule has 0 saturated carbocycles. The molecule has 2 N–H and O–H groups in total. The molecule has 0 aromatic carbocycles. The topological polar surface area (TPSA) is 74.3 Å². The van der Waals surface area contributed by atoms with E-state index in [0.717, 1.165) is 36.5 Å². The van der Waals surface area contributed by atoms with Gasteiger partial charge in [0.05, 0.1) is 12.2 Å². The van der Waals surface area contributed by atoms with Crippen LogP contribution in [0.1, 0.15) is 48.2 Å². The van der Waals surface area contributed by atoms with Crippen LogP contribution >= 0.6 is 11.3 Å². The molecule has 2 rings (SSSR count). The van der Waals surface area contributed by atoms with E-state index in [1.54, 1.807) is 11.3 Å². The van der Waals surface area contributed by atoms with E-state index in [-0.39, 0.29) is 18.0 Å². The molecule has 1 aliphatic rings. The number of urea groups is 1. The molecule has 0 aliphatic carbocycles. The van der Waals surface area contributed by atoms with Gasteiger partial charge in [-0.15, -0.1) is 11.3 Å². The minimum Gasteiger partial charge on any atom is -0.340 e. The Bertz CT molecular complexity index is 539. The van der Waals surface area contributed by atoms with E-state index in [9.17, 15) is 9.59 Å². The minimum absolute atomic E-state index is 0.182. The SMILES string of the molecule is CC[C@@H](CCNC(=O)NCc1nc(C)c(C)s1)N1CCCC1=O. The number of amides is 3. The van der Waals surface area contributed by atoms with Crippen LogP contribution in [0.4, 0.5) is 4.79 Å². The van der Waals surface area contributed by atoms with Crippen LogP contribution in [0.5, 0.6) is 0 Å². The number of likely N-dealkylation sites (tertiary alicyclic amines) is 1. The highest BCUT2D eigenvalue weighted by atomic mass is 32.1. The molecule has 6 nitrogen and oxygen atoms in total. The molecule has 7 heteroatoms. The maximum Gasteiger partial charge on any atom is 0.315 e. The van der Waals surface area contributed by atoms with Gasteiger partial charge in [-0.05, 0) is 33.1 Å². The number of nitrogens with zero attached hydrogens (tertiary/aromatic N) is 2. The maximum atomic E-state index is 11.8. The van der Waals surface area contributed by atoms with Crippen molar-refractivity contribution in [2.24, 2.45) is 0 Å². The van der Waals surface area contributed by atoms with Gasteiger partial charge in [-0.2, -0.15) is 0 Å². The number of hydrogen-bond donors (Lipinski definition) is 2. The van der Waals surface area contributed by atoms with Gasteiger partial charge in [0.25, 0.3) is 0 Å². The van der Waals surface area contributed by atoms with Gasteiger partial charge >= 0.3 is 6.03 Å². The van der Waals surface area contributed by atoms with Gasteiger partial charge in [0.1, 0.15) is 5.01 Å². The molecule has 1 aromatic rings. The summed E-state index contributed by atoms with van der Waals surface area (Å²) in [5.74, 6) is 0.246. The third kappa shape index (κ3) is 4.92. The zero-order valence-electron chi connectivity index (χ0n) is 14.1. The lowest BCUT2D eigenvalue weighted by Crippen LogP contribution is -2.41. The third-order valence-corrected chi connectivity index (χ3v) is 5.33. The van der Waals surface area contributed by atoms with Crippen molar-refractivity contribution in [3.63, 3.8) is 0 Å². The fourth-order valence-electron chi connectivity index (χ4n) is 2.82. The molecular weight excluding hydrogens is 312 g/mol. The lowest BCUT2D eigenvalue weighted by Gasteiger charge is -2.26. The molecular formula is C16H26N4O2S. The Labute approximate surface area is 141 Å². The van der Waals surface area contributed by atoms with E-state index in [1.165, 1.54) is 4.88 Å². The van der Waals surface area contributed by atoms with Gasteiger partial charge in [-0.1, -0.05) is 6.92 Å². The molecule has 2 heterocycles. The fraction of sp³-hybridized carbons (Fsp3) is 0.688. The van der Waals surface area contributed by atoms with Crippen LogP contribution in [0.15, 0.2) is 0 Å². The van der Waals surface area contributed by atoms with Gasteiger partial charge in [-0.3, -0.25) is 4.79 Å². The quantitative estimate of drug-likeness (QED) is 0.801. The van der Waals surface area contributed by atoms with Crippen molar-refractivity contribution in [1.82, 2.24) is 20.5 Å². The Morgan fingerprint density at radius 1 is 1.39 bits per heavy atom. The second-order valence-electron chi connectivity index (χ2n) is 5.90. The molecule has 128 valence electrons. The second-order valence-corrected chi connectivity index (χ2v) is 7.19. The van der Waals surface area contributed by atoms with Crippen LogP contribution in [0, 0.1) is 13.8 Å². The summed E-state index contributed by atoms with van der Waals surface area (Å²) in [6.45, 7) is 7.97. The van der Waals surface area contributed by atoms with E-state index in [1.807, 2.05) is 18.7 Å². The standard InChI is InChI=1S/C16H26N4O2S/c1-4-13(20-9-5-6-15(20)21)7-8-17-16(22)18-10-14-19-11(2)12(3)23-14/h13H,4-10H2,1-3H3,(H2,17,18,22)/t13-/m0/s1. The summed E-state index contributed by atoms with van der Waals surface area (Å²) in [7, 11) is 0. The first-order valence-electron chi connectivity index (χ1n) is 8.25. The van der Waals surface area contributed by atoms with E-state index in [0.29, 0.717) is 19.5 Å². The predicted molar refractivity (Wildman–Crippen MR) is 91.5 cm³/mol. The van der Waals surface area contributed by atoms with Gasteiger partial charge in [0.2, 0.25) is 5.91 Å². The van der Waals surface area contributed by atoms with Crippen molar-refractivity contribution >= 4 is 23.3 Å². The highest BCUT2D eigenvalue weighted by molar-refractivity contribution is 7.11. The Morgan fingerprint density at radius 3 is 2.74 bits per heavy atom. The molecule has 1 fully saturated rings. The fourth-order valence-corrected chi connectivity index (χ4v) is 3.69. The molecule has 1 atom stereocenters. The maximum absolute atomic E-state index is 11.8. The number of aryl methyl sites for hydroxylation is 2. The minimum atomic E-state index is -0.182. The van der Waals surface area contributed by atoms with E-state index in [2.05, 4.69) is 22.5 Å². The number of carbonyl (C=O) groups excluding carboxylic acids is 2. The lowest BCUT2D eigenvalue weighted by atomic mass is 10.1. The summed E-state index contributed by atoms with van der Waals surface area (Å²) < 4.78 is 0. The Hall–Kier alpha value is -1.63. The summed E-state index contributed by atoms with van der Waals surface area (Å²) in [6.07, 6.45) is 3.34. The third-order valence-electron chi connectivity index (χ3n) is 4.26. The molecule has 1 saturated heterocycles. The van der Waals surface area contributed by atoms with E-state index >= 15 is 0 Å². The average molecular weight is 338 g/mol. The Kier molecular flexibility index (Phi) is 6.38. The van der Waals surface area contributed by atoms with Gasteiger partial charge in [0, 0.05) is 30.4 Å². The number of aromatic nitrogens is 1. The molecule has 0 radical (unpaired) electrons. The average Bonchev–Trinajstić information content (AvgIpc) is 3.08. The first-order valence-corrected chi connectivity index (χ1v) is 9.07. The first-order chi connectivity index (χ1) is 11.0. The zero-order valence-corrected chi connectivity index (χ0v) is 15.0. The molecule has 0 spiro atoms. The van der Waals surface area contributed by atoms with Crippen LogP contribution in [-0.2, 0) is 11.3 Å². The summed E-state index contributed by atoms with van der Waals surface area (Å²) in [6, 6.07) is 0.0488. The molecule has 23 heavy (non-hydrogen) atoms. The van der Waals surface area contributed by atoms with E-state index in [4.69, 9.17) is 0 Å². The molecule has 0 bridgehead atoms. The largest absolute Gasteiger partial charge is 0.340 e. The number of nitrogens with one attached hydrogen (secondary N) is 2. The van der Waals surface area contributed by atoms with E-state index < -0.39 is 0 Å². The number of thiazole rings is 1. The van der Waals surface area contributed by atoms with Gasteiger partial charge in [-0.25, -0.2) is 9.78 Å². The highest BCUT2D eigenvalue weighted by Crippen LogP contribution is 2.18. The van der Waals surface area contributed by atoms with Crippen LogP contribution in [-0.4, -0.2) is 41.0 Å².